The van der Waals surface area contributed by atoms with Gasteiger partial charge < -0.3 is 30.0 Å². The van der Waals surface area contributed by atoms with E-state index in [0.717, 1.165) is 19.3 Å². The van der Waals surface area contributed by atoms with Crippen LogP contribution in [0.3, 0.4) is 0 Å². The molecule has 3 N–H and O–H groups in total. The molecule has 0 heterocycles. The summed E-state index contributed by atoms with van der Waals surface area (Å²) in [4.78, 5) is 45.6. The van der Waals surface area contributed by atoms with Crippen molar-refractivity contribution in [2.75, 3.05) is 33.0 Å². The lowest BCUT2D eigenvalue weighted by atomic mass is 10.0. The average Bonchev–Trinajstić information content (AvgIpc) is 2.86. The van der Waals surface area contributed by atoms with Crippen molar-refractivity contribution in [1.82, 2.24) is 10.6 Å². The standard InChI is InChI=1S/C27H50N2O7/c1-2-3-4-5-6-7-8-9-10-11-12-13-14-15-26(32)29-24(27(33)34)16-17-25(31)28-18-20-35-22-23-36-21-19-30/h19,24H,2-18,20-23H2,1H3,(H,28,31)(H,29,32)(H,33,34)/t24-/m0/s1. The van der Waals surface area contributed by atoms with Crippen molar-refractivity contribution >= 4 is 24.1 Å². The summed E-state index contributed by atoms with van der Waals surface area (Å²) in [5.41, 5.74) is 0. The van der Waals surface area contributed by atoms with Crippen LogP contribution in [-0.4, -0.2) is 68.2 Å². The van der Waals surface area contributed by atoms with Crippen LogP contribution in [0.2, 0.25) is 0 Å². The Morgan fingerprint density at radius 1 is 0.750 bits per heavy atom. The van der Waals surface area contributed by atoms with Crippen molar-refractivity contribution in [3.8, 4) is 0 Å². The summed E-state index contributed by atoms with van der Waals surface area (Å²) in [6.07, 6.45) is 16.9. The van der Waals surface area contributed by atoms with Crippen molar-refractivity contribution in [2.45, 2.75) is 116 Å². The van der Waals surface area contributed by atoms with Gasteiger partial charge in [-0.15, -0.1) is 0 Å². The Kier molecular flexibility index (Phi) is 24.6. The molecular weight excluding hydrogens is 464 g/mol. The zero-order valence-electron chi connectivity index (χ0n) is 22.4. The maximum atomic E-state index is 12.1. The van der Waals surface area contributed by atoms with Crippen molar-refractivity contribution < 1.29 is 33.8 Å². The molecule has 210 valence electrons. The summed E-state index contributed by atoms with van der Waals surface area (Å²) in [5, 5.41) is 14.5. The number of nitrogens with one attached hydrogen (secondary N) is 2. The van der Waals surface area contributed by atoms with Crippen molar-refractivity contribution in [3.05, 3.63) is 0 Å². The molecule has 0 aliphatic rings. The third kappa shape index (κ3) is 23.7. The molecule has 0 bridgehead atoms. The molecule has 0 radical (unpaired) electrons. The molecule has 0 aliphatic carbocycles. The first kappa shape index (κ1) is 34.0. The summed E-state index contributed by atoms with van der Waals surface area (Å²) in [7, 11) is 0. The van der Waals surface area contributed by atoms with Crippen molar-refractivity contribution in [3.63, 3.8) is 0 Å². The van der Waals surface area contributed by atoms with E-state index in [0.29, 0.717) is 25.9 Å². The molecule has 0 aliphatic heterocycles. The molecule has 0 saturated heterocycles. The van der Waals surface area contributed by atoms with Gasteiger partial charge in [0.2, 0.25) is 11.8 Å². The number of rotatable bonds is 27. The van der Waals surface area contributed by atoms with E-state index in [-0.39, 0.29) is 44.4 Å². The molecule has 9 nitrogen and oxygen atoms in total. The molecular formula is C27H50N2O7. The van der Waals surface area contributed by atoms with Crippen LogP contribution in [0.25, 0.3) is 0 Å². The number of carboxylic acid groups (broad SMARTS) is 1. The highest BCUT2D eigenvalue weighted by atomic mass is 16.5. The molecule has 1 atom stereocenters. The van der Waals surface area contributed by atoms with E-state index in [9.17, 15) is 24.3 Å². The second-order valence-electron chi connectivity index (χ2n) is 9.19. The number of aldehydes is 1. The predicted molar refractivity (Wildman–Crippen MR) is 140 cm³/mol. The lowest BCUT2D eigenvalue weighted by Crippen LogP contribution is -2.41. The van der Waals surface area contributed by atoms with E-state index in [1.807, 2.05) is 0 Å². The number of aliphatic carboxylic acids is 1. The molecule has 0 rings (SSSR count). The van der Waals surface area contributed by atoms with Gasteiger partial charge in [0.25, 0.3) is 0 Å². The first-order valence-corrected chi connectivity index (χ1v) is 13.9. The largest absolute Gasteiger partial charge is 0.480 e. The van der Waals surface area contributed by atoms with E-state index in [2.05, 4.69) is 17.6 Å². The number of amides is 2. The van der Waals surface area contributed by atoms with Crippen LogP contribution < -0.4 is 10.6 Å². The molecule has 0 aromatic rings. The highest BCUT2D eigenvalue weighted by Crippen LogP contribution is 2.13. The predicted octanol–water partition coefficient (Wildman–Crippen LogP) is 4.17. The summed E-state index contributed by atoms with van der Waals surface area (Å²) < 4.78 is 10.2. The highest BCUT2D eigenvalue weighted by Gasteiger charge is 2.20. The number of hydrogen-bond donors (Lipinski definition) is 3. The third-order valence-electron chi connectivity index (χ3n) is 5.93. The van der Waals surface area contributed by atoms with Gasteiger partial charge in [-0.25, -0.2) is 4.79 Å². The van der Waals surface area contributed by atoms with E-state index < -0.39 is 12.0 Å². The fraction of sp³-hybridized carbons (Fsp3) is 0.852. The molecule has 0 unspecified atom stereocenters. The fourth-order valence-corrected chi connectivity index (χ4v) is 3.81. The van der Waals surface area contributed by atoms with Gasteiger partial charge in [-0.3, -0.25) is 9.59 Å². The third-order valence-corrected chi connectivity index (χ3v) is 5.93. The minimum Gasteiger partial charge on any atom is -0.480 e. The molecule has 2 amide bonds. The SMILES string of the molecule is CCCCCCCCCCCCCCCC(=O)N[C@@H](CCC(=O)NCCOCCOCC=O)C(=O)O. The monoisotopic (exact) mass is 514 g/mol. The van der Waals surface area contributed by atoms with E-state index in [1.54, 1.807) is 0 Å². The highest BCUT2D eigenvalue weighted by molar-refractivity contribution is 5.84. The summed E-state index contributed by atoms with van der Waals surface area (Å²) >= 11 is 0. The zero-order chi connectivity index (χ0) is 26.7. The Morgan fingerprint density at radius 2 is 1.31 bits per heavy atom. The summed E-state index contributed by atoms with van der Waals surface area (Å²) in [6.45, 7) is 3.45. The first-order chi connectivity index (χ1) is 17.5. The van der Waals surface area contributed by atoms with Crippen molar-refractivity contribution in [2.24, 2.45) is 0 Å². The summed E-state index contributed by atoms with van der Waals surface area (Å²) in [5.74, 6) is -1.72. The van der Waals surface area contributed by atoms with Gasteiger partial charge in [0.1, 0.15) is 18.9 Å². The maximum Gasteiger partial charge on any atom is 0.326 e. The Balaban J connectivity index is 3.71. The van der Waals surface area contributed by atoms with Gasteiger partial charge in [0.05, 0.1) is 19.8 Å². The lowest BCUT2D eigenvalue weighted by Gasteiger charge is -2.14. The van der Waals surface area contributed by atoms with Gasteiger partial charge in [-0.05, 0) is 12.8 Å². The smallest absolute Gasteiger partial charge is 0.326 e. The topological polar surface area (TPSA) is 131 Å². The van der Waals surface area contributed by atoms with Crippen LogP contribution in [0.15, 0.2) is 0 Å². The number of carbonyl (C=O) groups excluding carboxylic acids is 3. The Labute approximate surface area is 217 Å². The second-order valence-corrected chi connectivity index (χ2v) is 9.19. The van der Waals surface area contributed by atoms with Crippen LogP contribution in [-0.2, 0) is 28.7 Å². The van der Waals surface area contributed by atoms with Crippen LogP contribution in [0.1, 0.15) is 110 Å². The Morgan fingerprint density at radius 3 is 1.86 bits per heavy atom. The van der Waals surface area contributed by atoms with Crippen LogP contribution in [0.4, 0.5) is 0 Å². The quantitative estimate of drug-likeness (QED) is 0.111. The normalized spacial score (nSPS) is 11.7. The molecule has 0 spiro atoms. The molecule has 0 aromatic carbocycles. The molecule has 36 heavy (non-hydrogen) atoms. The molecule has 0 aromatic heterocycles. The van der Waals surface area contributed by atoms with Gasteiger partial charge >= 0.3 is 5.97 Å². The Bertz CT molecular complexity index is 572. The van der Waals surface area contributed by atoms with Crippen LogP contribution in [0.5, 0.6) is 0 Å². The number of unbranched alkanes of at least 4 members (excludes halogenated alkanes) is 12. The van der Waals surface area contributed by atoms with Gasteiger partial charge in [0.15, 0.2) is 0 Å². The molecule has 0 saturated carbocycles. The lowest BCUT2D eigenvalue weighted by molar-refractivity contribution is -0.142. The molecule has 0 fully saturated rings. The van der Waals surface area contributed by atoms with Gasteiger partial charge in [-0.2, -0.15) is 0 Å². The van der Waals surface area contributed by atoms with Crippen LogP contribution >= 0.6 is 0 Å². The average molecular weight is 515 g/mol. The number of hydrogen-bond acceptors (Lipinski definition) is 6. The Hall–Kier alpha value is -2.00. The number of carbonyl (C=O) groups is 4. The van der Waals surface area contributed by atoms with Gasteiger partial charge in [0, 0.05) is 19.4 Å². The summed E-state index contributed by atoms with van der Waals surface area (Å²) in [6, 6.07) is -1.07. The van der Waals surface area contributed by atoms with E-state index in [4.69, 9.17) is 9.47 Å². The zero-order valence-corrected chi connectivity index (χ0v) is 22.4. The van der Waals surface area contributed by atoms with E-state index in [1.165, 1.54) is 64.2 Å². The fourth-order valence-electron chi connectivity index (χ4n) is 3.81. The second kappa shape index (κ2) is 26.1. The first-order valence-electron chi connectivity index (χ1n) is 13.9. The van der Waals surface area contributed by atoms with E-state index >= 15 is 0 Å². The number of ether oxygens (including phenoxy) is 2. The maximum absolute atomic E-state index is 12.1. The minimum atomic E-state index is -1.14. The van der Waals surface area contributed by atoms with Crippen LogP contribution in [0, 0.1) is 0 Å². The number of carboxylic acids is 1. The van der Waals surface area contributed by atoms with Crippen molar-refractivity contribution in [1.29, 1.82) is 0 Å². The van der Waals surface area contributed by atoms with Gasteiger partial charge in [-0.1, -0.05) is 84.0 Å². The minimum absolute atomic E-state index is 0.00156. The molecule has 9 heteroatoms.